The third kappa shape index (κ3) is 1.95. The Balaban J connectivity index is 2.11. The molecule has 1 aromatic heterocycles. The Labute approximate surface area is 110 Å². The summed E-state index contributed by atoms with van der Waals surface area (Å²) in [6.45, 7) is 0. The molecule has 1 N–H and O–H groups in total. The van der Waals surface area contributed by atoms with Crippen LogP contribution >= 0.6 is 11.5 Å². The third-order valence-electron chi connectivity index (χ3n) is 3.06. The number of benzene rings is 1. The quantitative estimate of drug-likeness (QED) is 0.798. The average Bonchev–Trinajstić information content (AvgIpc) is 2.67. The zero-order valence-electron chi connectivity index (χ0n) is 9.68. The fourth-order valence-electron chi connectivity index (χ4n) is 2.13. The lowest BCUT2D eigenvalue weighted by molar-refractivity contribution is -0.135. The predicted octanol–water partition coefficient (Wildman–Crippen LogP) is 1.18. The summed E-state index contributed by atoms with van der Waals surface area (Å²) >= 11 is 1.11. The molecule has 0 saturated carbocycles. The van der Waals surface area contributed by atoms with Crippen molar-refractivity contribution in [1.29, 1.82) is 0 Å². The Kier molecular flexibility index (Phi) is 2.70. The van der Waals surface area contributed by atoms with Gasteiger partial charge in [-0.05, 0) is 24.6 Å². The molecule has 0 aliphatic carbocycles. The first-order valence-corrected chi connectivity index (χ1v) is 6.48. The number of halogens is 1. The molecule has 5 nitrogen and oxygen atoms in total. The highest BCUT2D eigenvalue weighted by atomic mass is 32.1. The van der Waals surface area contributed by atoms with Crippen LogP contribution in [-0.2, 0) is 9.59 Å². The van der Waals surface area contributed by atoms with Crippen LogP contribution in [-0.4, -0.2) is 15.8 Å². The van der Waals surface area contributed by atoms with E-state index >= 15 is 0 Å². The molecule has 1 saturated heterocycles. The zero-order chi connectivity index (χ0) is 13.6. The van der Waals surface area contributed by atoms with E-state index in [4.69, 9.17) is 0 Å². The smallest absolute Gasteiger partial charge is 0.269 e. The van der Waals surface area contributed by atoms with Crippen LogP contribution in [0.5, 0.6) is 0 Å². The second-order valence-corrected chi connectivity index (χ2v) is 5.35. The van der Waals surface area contributed by atoms with Crippen LogP contribution in [0.1, 0.15) is 18.9 Å². The van der Waals surface area contributed by atoms with Crippen molar-refractivity contribution in [2.75, 3.05) is 0 Å². The van der Waals surface area contributed by atoms with Gasteiger partial charge in [0.05, 0.1) is 10.1 Å². The number of aromatic nitrogens is 1. The number of nitrogens with one attached hydrogen (secondary N) is 1. The maximum atomic E-state index is 13.1. The van der Waals surface area contributed by atoms with Gasteiger partial charge in [-0.3, -0.25) is 23.7 Å². The minimum absolute atomic E-state index is 0.200. The first-order valence-electron chi connectivity index (χ1n) is 5.71. The molecule has 1 unspecified atom stereocenters. The van der Waals surface area contributed by atoms with E-state index in [1.54, 1.807) is 0 Å². The number of hydrogen-bond acceptors (Lipinski definition) is 4. The lowest BCUT2D eigenvalue weighted by Crippen LogP contribution is -2.43. The molecule has 1 aromatic carbocycles. The van der Waals surface area contributed by atoms with Crippen molar-refractivity contribution in [3.8, 4) is 0 Å². The molecule has 2 aromatic rings. The molecule has 0 spiro atoms. The monoisotopic (exact) mass is 280 g/mol. The largest absolute Gasteiger partial charge is 0.295 e. The van der Waals surface area contributed by atoms with Gasteiger partial charge in [0, 0.05) is 6.42 Å². The summed E-state index contributed by atoms with van der Waals surface area (Å²) in [4.78, 5) is 35.0. The number of rotatable bonds is 1. The number of carbonyl (C=O) groups is 2. The summed E-state index contributed by atoms with van der Waals surface area (Å²) in [6, 6.07) is 3.26. The number of nitrogens with zero attached hydrogens (tertiary/aromatic N) is 1. The van der Waals surface area contributed by atoms with Gasteiger partial charge in [-0.2, -0.15) is 0 Å². The Morgan fingerprint density at radius 1 is 1.32 bits per heavy atom. The molecule has 3 rings (SSSR count). The van der Waals surface area contributed by atoms with E-state index in [1.165, 1.54) is 16.1 Å². The van der Waals surface area contributed by atoms with Gasteiger partial charge in [0.15, 0.2) is 0 Å². The summed E-state index contributed by atoms with van der Waals surface area (Å²) < 4.78 is 15.1. The van der Waals surface area contributed by atoms with E-state index in [1.807, 2.05) is 0 Å². The second-order valence-electron chi connectivity index (χ2n) is 4.33. The van der Waals surface area contributed by atoms with Crippen LogP contribution in [0.25, 0.3) is 10.1 Å². The van der Waals surface area contributed by atoms with Crippen LogP contribution in [0.2, 0.25) is 0 Å². The zero-order valence-corrected chi connectivity index (χ0v) is 10.5. The lowest BCUT2D eigenvalue weighted by atomic mass is 10.1. The fraction of sp³-hybridized carbons (Fsp3) is 0.250. The van der Waals surface area contributed by atoms with E-state index in [0.717, 1.165) is 17.6 Å². The van der Waals surface area contributed by atoms with Crippen LogP contribution in [0.3, 0.4) is 0 Å². The van der Waals surface area contributed by atoms with Gasteiger partial charge in [0.2, 0.25) is 5.91 Å². The van der Waals surface area contributed by atoms with Gasteiger partial charge in [0.25, 0.3) is 11.5 Å². The van der Waals surface area contributed by atoms with Gasteiger partial charge in [-0.15, -0.1) is 0 Å². The Hall–Kier alpha value is -2.02. The maximum Gasteiger partial charge on any atom is 0.269 e. The van der Waals surface area contributed by atoms with Crippen molar-refractivity contribution in [2.24, 2.45) is 0 Å². The Bertz CT molecular complexity index is 749. The van der Waals surface area contributed by atoms with Crippen molar-refractivity contribution in [3.05, 3.63) is 34.4 Å². The summed E-state index contributed by atoms with van der Waals surface area (Å²) in [5, 5.41) is 2.46. The number of carbonyl (C=O) groups excluding carboxylic acids is 2. The van der Waals surface area contributed by atoms with Crippen LogP contribution in [0, 0.1) is 5.82 Å². The minimum Gasteiger partial charge on any atom is -0.295 e. The van der Waals surface area contributed by atoms with Crippen molar-refractivity contribution in [1.82, 2.24) is 9.27 Å². The molecule has 1 aliphatic rings. The molecular formula is C12H9FN2O3S. The molecular weight excluding hydrogens is 271 g/mol. The van der Waals surface area contributed by atoms with Crippen molar-refractivity contribution in [3.63, 3.8) is 0 Å². The van der Waals surface area contributed by atoms with E-state index in [2.05, 4.69) is 5.32 Å². The molecule has 19 heavy (non-hydrogen) atoms. The minimum atomic E-state index is -0.689. The summed E-state index contributed by atoms with van der Waals surface area (Å²) in [7, 11) is 0. The normalized spacial score (nSPS) is 19.7. The second kappa shape index (κ2) is 4.27. The molecule has 2 heterocycles. The van der Waals surface area contributed by atoms with Crippen LogP contribution in [0.15, 0.2) is 23.0 Å². The predicted molar refractivity (Wildman–Crippen MR) is 67.5 cm³/mol. The van der Waals surface area contributed by atoms with Gasteiger partial charge in [-0.25, -0.2) is 4.39 Å². The van der Waals surface area contributed by atoms with Gasteiger partial charge in [0.1, 0.15) is 11.9 Å². The highest BCUT2D eigenvalue weighted by Crippen LogP contribution is 2.24. The first-order chi connectivity index (χ1) is 9.06. The maximum absolute atomic E-state index is 13.1. The third-order valence-corrected chi connectivity index (χ3v) is 4.23. The standard InChI is InChI=1S/C12H9FN2O3S/c13-6-1-3-9-7(5-6)12(18)15(19-9)8-2-4-10(16)14-11(8)17/h1,3,5,8H,2,4H2,(H,14,16,17). The Morgan fingerprint density at radius 2 is 2.11 bits per heavy atom. The molecule has 98 valence electrons. The van der Waals surface area contributed by atoms with Crippen molar-refractivity contribution >= 4 is 33.4 Å². The van der Waals surface area contributed by atoms with Crippen molar-refractivity contribution in [2.45, 2.75) is 18.9 Å². The SMILES string of the molecule is O=C1CCC(n2sc3ccc(F)cc3c2=O)C(=O)N1. The lowest BCUT2D eigenvalue weighted by Gasteiger charge is -2.20. The summed E-state index contributed by atoms with van der Waals surface area (Å²) in [5.74, 6) is -1.30. The van der Waals surface area contributed by atoms with E-state index in [-0.39, 0.29) is 17.7 Å². The first kappa shape index (κ1) is 12.0. The van der Waals surface area contributed by atoms with Gasteiger partial charge >= 0.3 is 0 Å². The highest BCUT2D eigenvalue weighted by Gasteiger charge is 2.30. The van der Waals surface area contributed by atoms with Gasteiger partial charge in [-0.1, -0.05) is 11.5 Å². The fourth-order valence-corrected chi connectivity index (χ4v) is 3.22. The van der Waals surface area contributed by atoms with E-state index in [9.17, 15) is 18.8 Å². The Morgan fingerprint density at radius 3 is 2.84 bits per heavy atom. The summed E-state index contributed by atoms with van der Waals surface area (Å²) in [6.07, 6.45) is 0.491. The highest BCUT2D eigenvalue weighted by molar-refractivity contribution is 7.14. The molecule has 0 bridgehead atoms. The molecule has 1 fully saturated rings. The number of amides is 2. The van der Waals surface area contributed by atoms with Gasteiger partial charge < -0.3 is 0 Å². The topological polar surface area (TPSA) is 68.2 Å². The molecule has 1 aliphatic heterocycles. The molecule has 1 atom stereocenters. The van der Waals surface area contributed by atoms with E-state index in [0.29, 0.717) is 11.1 Å². The van der Waals surface area contributed by atoms with Crippen molar-refractivity contribution < 1.29 is 14.0 Å². The molecule has 7 heteroatoms. The average molecular weight is 280 g/mol. The van der Waals surface area contributed by atoms with E-state index < -0.39 is 23.3 Å². The number of imide groups is 1. The number of hydrogen-bond donors (Lipinski definition) is 1. The molecule has 0 radical (unpaired) electrons. The van der Waals surface area contributed by atoms with Crippen LogP contribution in [0.4, 0.5) is 4.39 Å². The number of piperidine rings is 1. The molecule has 2 amide bonds. The summed E-state index contributed by atoms with van der Waals surface area (Å²) in [5.41, 5.74) is -0.394. The number of fused-ring (bicyclic) bond motifs is 1. The van der Waals surface area contributed by atoms with Crippen LogP contribution < -0.4 is 10.9 Å².